The average molecular weight is 978 g/mol. The Morgan fingerprint density at radius 1 is 1.10 bits per heavy atom. The van der Waals surface area contributed by atoms with Crippen LogP contribution in [0.4, 0.5) is 5.82 Å². The van der Waals surface area contributed by atoms with Crippen molar-refractivity contribution in [2.75, 3.05) is 43.5 Å². The Hall–Kier alpha value is -2.43. The Bertz CT molecular complexity index is 2130. The number of nitrogens with zero attached hydrogens (tertiary/aromatic N) is 4. The lowest BCUT2D eigenvalue weighted by Gasteiger charge is -2.36. The zero-order valence-electron chi connectivity index (χ0n) is 32.3. The number of thiophene rings is 1. The van der Waals surface area contributed by atoms with Crippen molar-refractivity contribution in [2.45, 2.75) is 74.1 Å². The number of ether oxygens (including phenoxy) is 1. The fourth-order valence-corrected chi connectivity index (χ4v) is 10.6. The first-order valence-corrected chi connectivity index (χ1v) is 24.9. The van der Waals surface area contributed by atoms with Crippen LogP contribution in [0.5, 0.6) is 0 Å². The number of nitrogen functional groups attached to an aromatic ring is 1. The molecule has 0 radical (unpaired) electrons. The number of anilines is 1. The van der Waals surface area contributed by atoms with Gasteiger partial charge in [0.05, 0.1) is 37.7 Å². The van der Waals surface area contributed by atoms with Gasteiger partial charge in [-0.15, -0.1) is 23.1 Å². The maximum Gasteiger partial charge on any atom is 0.274 e. The number of hydrogen-bond acceptors (Lipinski definition) is 25. The summed E-state index contributed by atoms with van der Waals surface area (Å²) in [5, 5.41) is 38.2. The van der Waals surface area contributed by atoms with Crippen LogP contribution in [-0.2, 0) is 56.4 Å². The first-order valence-electron chi connectivity index (χ1n) is 17.7. The zero-order chi connectivity index (χ0) is 45.4. The molecule has 8 atom stereocenters. The van der Waals surface area contributed by atoms with Crippen LogP contribution in [0.15, 0.2) is 34.4 Å². The van der Waals surface area contributed by atoms with Gasteiger partial charge in [-0.1, -0.05) is 31.7 Å². The summed E-state index contributed by atoms with van der Waals surface area (Å²) in [6, 6.07) is 3.79. The summed E-state index contributed by atoms with van der Waals surface area (Å²) in [7, 11) is -17.7. The van der Waals surface area contributed by atoms with Gasteiger partial charge in [-0.25, -0.2) is 19.3 Å². The molecule has 342 valence electrons. The van der Waals surface area contributed by atoms with E-state index in [0.29, 0.717) is 5.75 Å². The van der Waals surface area contributed by atoms with Crippen molar-refractivity contribution in [1.82, 2.24) is 30.2 Å². The number of phosphoric ester groups is 3. The predicted octanol–water partition coefficient (Wildman–Crippen LogP) is -2.08. The van der Waals surface area contributed by atoms with Crippen LogP contribution >= 0.6 is 58.3 Å². The molecular formula is C30H42N7O18P3S3-4. The zero-order valence-corrected chi connectivity index (χ0v) is 37.5. The Kier molecular flexibility index (Phi) is 18.0. The second-order valence-electron chi connectivity index (χ2n) is 13.9. The third kappa shape index (κ3) is 15.1. The largest absolute Gasteiger partial charge is 0.790 e. The van der Waals surface area contributed by atoms with E-state index in [-0.39, 0.29) is 53.8 Å². The number of aliphatic hydroxyl groups excluding tert-OH is 3. The van der Waals surface area contributed by atoms with E-state index in [1.165, 1.54) is 43.9 Å². The molecule has 25 nitrogen and oxygen atoms in total. The summed E-state index contributed by atoms with van der Waals surface area (Å²) in [5.41, 5.74) is 1.99. The number of phosphoric acid groups is 3. The van der Waals surface area contributed by atoms with Crippen molar-refractivity contribution in [3.8, 4) is 0 Å². The van der Waals surface area contributed by atoms with Crippen LogP contribution in [0.25, 0.3) is 11.2 Å². The number of nitrogens with two attached hydrogens (primary N) is 1. The highest BCUT2D eigenvalue weighted by molar-refractivity contribution is 8.13. The maximum atomic E-state index is 12.6. The maximum absolute atomic E-state index is 12.6. The summed E-state index contributed by atoms with van der Waals surface area (Å²) >= 11 is 3.91. The molecular weight excluding hydrogens is 935 g/mol. The number of hydrogen-bond donors (Lipinski definition) is 6. The molecule has 7 N–H and O–H groups in total. The van der Waals surface area contributed by atoms with Crippen LogP contribution < -0.4 is 35.9 Å². The lowest BCUT2D eigenvalue weighted by molar-refractivity contribution is -0.347. The van der Waals surface area contributed by atoms with Crippen molar-refractivity contribution in [2.24, 2.45) is 5.41 Å². The van der Waals surface area contributed by atoms with Crippen molar-refractivity contribution in [3.05, 3.63) is 30.2 Å². The van der Waals surface area contributed by atoms with E-state index in [2.05, 4.69) is 43.5 Å². The minimum atomic E-state index is -5.95. The van der Waals surface area contributed by atoms with E-state index < -0.39 is 90.2 Å². The fourth-order valence-electron chi connectivity index (χ4n) is 5.42. The molecule has 61 heavy (non-hydrogen) atoms. The number of carbonyl (C=O) groups is 3. The molecule has 8 unspecified atom stereocenters. The Morgan fingerprint density at radius 3 is 2.48 bits per heavy atom. The number of fused-ring (bicyclic) bond motifs is 1. The molecule has 0 aromatic carbocycles. The standard InChI is InChI=1S/C30H46N7O18P3S3/c1-29(2,25(42)28(43)33-7-6-19(39)32-8-10-59-20(40)11-17(38)13-61-21-5-4-9-60-21)14-52-58(49,50)55-57(47,48)51-12-18-23(54-56(44,45)46)24(41)30(3,53-18)37-16-36-22-26(31)34-15-35-27(22)37/h4-5,9,15-18,23-25,38,41-42H,6-8,10-14H2,1-3H3,(H,32,39)(H,33,43)(H,47,48)(H,49,50)(H2,31,34,35)(H2,44,45,46)/p-4. The number of rotatable bonds is 24. The molecule has 3 aromatic rings. The van der Waals surface area contributed by atoms with Crippen LogP contribution in [0.1, 0.15) is 33.6 Å². The molecule has 4 rings (SSSR count). The third-order valence-corrected chi connectivity index (χ3v) is 14.7. The normalized spacial score (nSPS) is 22.6. The lowest BCUT2D eigenvalue weighted by Crippen LogP contribution is -2.46. The number of imidazole rings is 1. The van der Waals surface area contributed by atoms with Crippen molar-refractivity contribution in [3.63, 3.8) is 0 Å². The minimum Gasteiger partial charge on any atom is -0.790 e. The van der Waals surface area contributed by atoms with Crippen LogP contribution in [0, 0.1) is 5.41 Å². The van der Waals surface area contributed by atoms with Crippen molar-refractivity contribution >= 4 is 92.2 Å². The Balaban J connectivity index is 1.20. The van der Waals surface area contributed by atoms with Gasteiger partial charge >= 0.3 is 0 Å². The number of aliphatic hydroxyl groups is 3. The monoisotopic (exact) mass is 977 g/mol. The van der Waals surface area contributed by atoms with Gasteiger partial charge in [0.1, 0.15) is 36.3 Å². The van der Waals surface area contributed by atoms with Crippen molar-refractivity contribution in [1.29, 1.82) is 0 Å². The van der Waals surface area contributed by atoms with E-state index in [1.807, 2.05) is 17.5 Å². The van der Waals surface area contributed by atoms with Gasteiger partial charge in [0.15, 0.2) is 22.3 Å². The van der Waals surface area contributed by atoms with Gasteiger partial charge in [0, 0.05) is 42.9 Å². The first kappa shape index (κ1) is 51.2. The van der Waals surface area contributed by atoms with E-state index in [1.54, 1.807) is 0 Å². The second kappa shape index (κ2) is 21.5. The summed E-state index contributed by atoms with van der Waals surface area (Å²) in [6.45, 7) is 1.09. The molecule has 1 fully saturated rings. The molecule has 0 spiro atoms. The molecule has 31 heteroatoms. The topological polar surface area (TPSA) is 395 Å². The van der Waals surface area contributed by atoms with Gasteiger partial charge in [0.2, 0.25) is 11.8 Å². The van der Waals surface area contributed by atoms with Gasteiger partial charge in [-0.3, -0.25) is 28.1 Å². The van der Waals surface area contributed by atoms with Crippen LogP contribution in [0.3, 0.4) is 0 Å². The van der Waals surface area contributed by atoms with Gasteiger partial charge in [0.25, 0.3) is 15.6 Å². The first-order chi connectivity index (χ1) is 28.3. The van der Waals surface area contributed by atoms with E-state index in [4.69, 9.17) is 10.5 Å². The number of aromatic nitrogens is 4. The molecule has 0 saturated carbocycles. The number of carbonyl (C=O) groups excluding carboxylic acids is 3. The Morgan fingerprint density at radius 2 is 1.80 bits per heavy atom. The SMILES string of the molecule is CC(C)(COP(=O)([O-])OP(=O)([O-])OCC1OC(C)(n2cnc3c(N)ncnc32)C(O)C1OP(=O)([O-])[O-])C(O)C(=O)NCCC(=O)NCCSC(=O)CC(O)CSc1cccs1. The third-order valence-electron chi connectivity index (χ3n) is 8.54. The minimum absolute atomic E-state index is 0.0298. The van der Waals surface area contributed by atoms with E-state index >= 15 is 0 Å². The highest BCUT2D eigenvalue weighted by Crippen LogP contribution is 2.56. The molecule has 3 aromatic heterocycles. The summed E-state index contributed by atoms with van der Waals surface area (Å²) in [4.78, 5) is 96.9. The summed E-state index contributed by atoms with van der Waals surface area (Å²) in [6.07, 6.45) is -7.05. The summed E-state index contributed by atoms with van der Waals surface area (Å²) < 4.78 is 62.2. The number of nitrogens with one attached hydrogen (secondary N) is 2. The molecule has 0 aliphatic carbocycles. The smallest absolute Gasteiger partial charge is 0.274 e. The lowest BCUT2D eigenvalue weighted by atomic mass is 9.87. The Labute approximate surface area is 359 Å². The number of amides is 2. The van der Waals surface area contributed by atoms with Gasteiger partial charge in [-0.2, -0.15) is 0 Å². The number of thioether (sulfide) groups is 2. The fraction of sp³-hybridized carbons (Fsp3) is 0.600. The molecule has 0 bridgehead atoms. The van der Waals surface area contributed by atoms with E-state index in [9.17, 15) is 63.0 Å². The summed E-state index contributed by atoms with van der Waals surface area (Å²) in [5.74, 6) is -1.03. The van der Waals surface area contributed by atoms with E-state index in [0.717, 1.165) is 33.2 Å². The van der Waals surface area contributed by atoms with Crippen molar-refractivity contribution < 1.29 is 85.6 Å². The molecule has 1 aliphatic heterocycles. The molecule has 1 aliphatic rings. The molecule has 1 saturated heterocycles. The highest BCUT2D eigenvalue weighted by Gasteiger charge is 2.55. The second-order valence-corrected chi connectivity index (χ2v) is 21.4. The van der Waals surface area contributed by atoms with Gasteiger partial charge < -0.3 is 74.1 Å². The quantitative estimate of drug-likeness (QED) is 0.0318. The van der Waals surface area contributed by atoms with Crippen LogP contribution in [-0.4, -0.2) is 120 Å². The van der Waals surface area contributed by atoms with Gasteiger partial charge in [-0.05, 0) is 18.4 Å². The molecule has 4 heterocycles. The highest BCUT2D eigenvalue weighted by atomic mass is 32.2. The van der Waals surface area contributed by atoms with Crippen LogP contribution in [0.2, 0.25) is 0 Å². The average Bonchev–Trinajstić information content (AvgIpc) is 3.90. The molecule has 2 amide bonds. The predicted molar refractivity (Wildman–Crippen MR) is 209 cm³/mol.